The molecule has 4 aromatic heterocycles. The van der Waals surface area contributed by atoms with Gasteiger partial charge in [-0.1, -0.05) is 127 Å². The molecule has 0 N–H and O–H groups in total. The smallest absolute Gasteiger partial charge is 0.238 e. The van der Waals surface area contributed by atoms with Gasteiger partial charge in [-0.15, -0.1) is 11.3 Å². The van der Waals surface area contributed by atoms with Crippen molar-refractivity contribution in [3.8, 4) is 39.9 Å². The van der Waals surface area contributed by atoms with Crippen LogP contribution < -0.4 is 0 Å². The highest BCUT2D eigenvalue weighted by atomic mass is 32.1. The van der Waals surface area contributed by atoms with Crippen molar-refractivity contribution in [2.75, 3.05) is 0 Å². The number of hydrogen-bond donors (Lipinski definition) is 0. The van der Waals surface area contributed by atoms with E-state index in [4.69, 9.17) is 19.4 Å². The molecule has 0 aliphatic carbocycles. The maximum absolute atomic E-state index is 6.62. The van der Waals surface area contributed by atoms with E-state index in [9.17, 15) is 0 Å². The molecular weight excluding hydrogens is 645 g/mol. The van der Waals surface area contributed by atoms with E-state index >= 15 is 0 Å². The van der Waals surface area contributed by atoms with E-state index in [-0.39, 0.29) is 0 Å². The first-order chi connectivity index (χ1) is 25.3. The Bertz CT molecular complexity index is 3140. The summed E-state index contributed by atoms with van der Waals surface area (Å²) in [6.45, 7) is 0. The van der Waals surface area contributed by atoms with Gasteiger partial charge in [-0.25, -0.2) is 4.98 Å². The molecule has 0 radical (unpaired) electrons. The van der Waals surface area contributed by atoms with E-state index in [1.54, 1.807) is 11.3 Å². The average Bonchev–Trinajstić information content (AvgIpc) is 3.88. The lowest BCUT2D eigenvalue weighted by molar-refractivity contribution is 0.670. The Kier molecular flexibility index (Phi) is 6.05. The molecule has 0 aliphatic rings. The van der Waals surface area contributed by atoms with E-state index < -0.39 is 0 Å². The SMILES string of the molecule is c1ccc(-c2nc(-c3ccc4c(c3)sc3cccc(-c5ccccc5)c34)nc(-n3c4ccccc4c4ccc5c6ccccc6oc5c43)n2)cc1. The van der Waals surface area contributed by atoms with E-state index in [2.05, 4.69) is 120 Å². The molecule has 0 saturated heterocycles. The first-order valence-electron chi connectivity index (χ1n) is 16.9. The Morgan fingerprint density at radius 2 is 1.16 bits per heavy atom. The summed E-state index contributed by atoms with van der Waals surface area (Å²) in [5.74, 6) is 1.77. The Hall–Kier alpha value is -6.63. The molecule has 0 aliphatic heterocycles. The number of fused-ring (bicyclic) bond motifs is 10. The third-order valence-electron chi connectivity index (χ3n) is 9.88. The van der Waals surface area contributed by atoms with Crippen molar-refractivity contribution in [1.29, 1.82) is 0 Å². The molecule has 0 amide bonds. The predicted octanol–water partition coefficient (Wildman–Crippen LogP) is 12.2. The Morgan fingerprint density at radius 1 is 0.471 bits per heavy atom. The van der Waals surface area contributed by atoms with Crippen LogP contribution in [0.2, 0.25) is 0 Å². The number of hydrogen-bond acceptors (Lipinski definition) is 5. The molecule has 11 rings (SSSR count). The predicted molar refractivity (Wildman–Crippen MR) is 211 cm³/mol. The third-order valence-corrected chi connectivity index (χ3v) is 11.0. The van der Waals surface area contributed by atoms with Crippen LogP contribution >= 0.6 is 11.3 Å². The highest BCUT2D eigenvalue weighted by Gasteiger charge is 2.22. The number of nitrogens with zero attached hydrogens (tertiary/aromatic N) is 4. The molecule has 0 fully saturated rings. The van der Waals surface area contributed by atoms with Gasteiger partial charge in [-0.3, -0.25) is 4.57 Å². The van der Waals surface area contributed by atoms with Crippen LogP contribution in [0.15, 0.2) is 162 Å². The second kappa shape index (κ2) is 10.9. The molecule has 7 aromatic carbocycles. The van der Waals surface area contributed by atoms with Crippen molar-refractivity contribution in [2.24, 2.45) is 0 Å². The van der Waals surface area contributed by atoms with Gasteiger partial charge in [0.2, 0.25) is 5.95 Å². The summed E-state index contributed by atoms with van der Waals surface area (Å²) in [5, 5.41) is 6.84. The maximum atomic E-state index is 6.62. The van der Waals surface area contributed by atoms with Crippen LogP contribution in [0.4, 0.5) is 0 Å². The molecule has 0 atom stereocenters. The lowest BCUT2D eigenvalue weighted by atomic mass is 9.99. The molecule has 0 spiro atoms. The molecule has 4 heterocycles. The second-order valence-corrected chi connectivity index (χ2v) is 13.9. The summed E-state index contributed by atoms with van der Waals surface area (Å²) in [4.78, 5) is 15.6. The van der Waals surface area contributed by atoms with Crippen LogP contribution in [-0.2, 0) is 0 Å². The van der Waals surface area contributed by atoms with Gasteiger partial charge in [-0.05, 0) is 41.5 Å². The van der Waals surface area contributed by atoms with Gasteiger partial charge in [-0.2, -0.15) is 9.97 Å². The van der Waals surface area contributed by atoms with Gasteiger partial charge in [0.15, 0.2) is 17.2 Å². The lowest BCUT2D eigenvalue weighted by Gasteiger charge is -2.11. The number of para-hydroxylation sites is 2. The van der Waals surface area contributed by atoms with Crippen molar-refractivity contribution in [1.82, 2.24) is 19.5 Å². The van der Waals surface area contributed by atoms with Crippen molar-refractivity contribution in [3.05, 3.63) is 158 Å². The Labute approximate surface area is 295 Å². The first-order valence-corrected chi connectivity index (χ1v) is 17.8. The number of rotatable bonds is 4. The molecular formula is C45H26N4OS. The van der Waals surface area contributed by atoms with E-state index in [1.165, 1.54) is 31.3 Å². The zero-order valence-corrected chi connectivity index (χ0v) is 27.9. The normalized spacial score (nSPS) is 11.9. The molecule has 0 unspecified atom stereocenters. The van der Waals surface area contributed by atoms with Crippen LogP contribution in [0.5, 0.6) is 0 Å². The number of furan rings is 1. The second-order valence-electron chi connectivity index (χ2n) is 12.8. The van der Waals surface area contributed by atoms with Crippen molar-refractivity contribution >= 4 is 75.3 Å². The fourth-order valence-electron chi connectivity index (χ4n) is 7.57. The lowest BCUT2D eigenvalue weighted by Crippen LogP contribution is -2.06. The van der Waals surface area contributed by atoms with Crippen molar-refractivity contribution in [3.63, 3.8) is 0 Å². The monoisotopic (exact) mass is 670 g/mol. The van der Waals surface area contributed by atoms with Crippen LogP contribution in [0.3, 0.4) is 0 Å². The Balaban J connectivity index is 1.18. The quantitative estimate of drug-likeness (QED) is 0.187. The molecule has 0 saturated carbocycles. The Morgan fingerprint density at radius 3 is 2.00 bits per heavy atom. The van der Waals surface area contributed by atoms with Crippen LogP contribution in [0, 0.1) is 0 Å². The van der Waals surface area contributed by atoms with Gasteiger partial charge in [0, 0.05) is 52.8 Å². The molecule has 238 valence electrons. The summed E-state index contributed by atoms with van der Waals surface area (Å²) in [5.41, 5.74) is 7.92. The summed E-state index contributed by atoms with van der Waals surface area (Å²) < 4.78 is 11.2. The van der Waals surface area contributed by atoms with E-state index in [0.29, 0.717) is 17.6 Å². The third kappa shape index (κ3) is 4.30. The van der Waals surface area contributed by atoms with E-state index in [0.717, 1.165) is 54.9 Å². The van der Waals surface area contributed by atoms with Gasteiger partial charge >= 0.3 is 0 Å². The summed E-state index contributed by atoms with van der Waals surface area (Å²) in [6.07, 6.45) is 0. The fourth-order valence-corrected chi connectivity index (χ4v) is 8.74. The summed E-state index contributed by atoms with van der Waals surface area (Å²) in [6, 6.07) is 54.9. The van der Waals surface area contributed by atoms with Crippen LogP contribution in [-0.4, -0.2) is 19.5 Å². The first kappa shape index (κ1) is 28.2. The standard InChI is InChI=1S/C45H26N4OS/c1-3-12-27(13-4-1)30-18-11-21-38-40(30)35-23-22-29(26-39(35)51-38)44-46-43(28-14-5-2-6-15-28)47-45(48-44)49-36-19-9-7-16-31(36)33-24-25-34-32-17-8-10-20-37(32)50-42(34)41(33)49/h1-26H. The molecule has 6 heteroatoms. The van der Waals surface area contributed by atoms with Crippen LogP contribution in [0.1, 0.15) is 0 Å². The minimum Gasteiger partial charge on any atom is -0.454 e. The van der Waals surface area contributed by atoms with Gasteiger partial charge in [0.25, 0.3) is 0 Å². The largest absolute Gasteiger partial charge is 0.454 e. The minimum absolute atomic E-state index is 0.542. The molecule has 5 nitrogen and oxygen atoms in total. The van der Waals surface area contributed by atoms with Crippen molar-refractivity contribution in [2.45, 2.75) is 0 Å². The topological polar surface area (TPSA) is 56.7 Å². The van der Waals surface area contributed by atoms with Crippen molar-refractivity contribution < 1.29 is 4.42 Å². The van der Waals surface area contributed by atoms with Gasteiger partial charge in [0.1, 0.15) is 11.1 Å². The highest BCUT2D eigenvalue weighted by Crippen LogP contribution is 2.42. The number of benzene rings is 7. The average molecular weight is 671 g/mol. The van der Waals surface area contributed by atoms with E-state index in [1.807, 2.05) is 42.5 Å². The zero-order chi connectivity index (χ0) is 33.5. The maximum Gasteiger partial charge on any atom is 0.238 e. The number of aromatic nitrogens is 4. The minimum atomic E-state index is 0.542. The van der Waals surface area contributed by atoms with Crippen LogP contribution in [0.25, 0.3) is 104 Å². The summed E-state index contributed by atoms with van der Waals surface area (Å²) in [7, 11) is 0. The van der Waals surface area contributed by atoms with Gasteiger partial charge < -0.3 is 4.42 Å². The highest BCUT2D eigenvalue weighted by molar-refractivity contribution is 7.26. The van der Waals surface area contributed by atoms with Gasteiger partial charge in [0.05, 0.1) is 5.52 Å². The molecule has 0 bridgehead atoms. The number of thiophene rings is 1. The zero-order valence-electron chi connectivity index (χ0n) is 27.1. The summed E-state index contributed by atoms with van der Waals surface area (Å²) >= 11 is 1.80. The fraction of sp³-hybridized carbons (Fsp3) is 0. The molecule has 11 aromatic rings. The molecule has 51 heavy (non-hydrogen) atoms.